The van der Waals surface area contributed by atoms with Gasteiger partial charge in [0.2, 0.25) is 0 Å². The first-order valence-electron chi connectivity index (χ1n) is 20.6. The van der Waals surface area contributed by atoms with Gasteiger partial charge in [-0.15, -0.1) is 59.7 Å². The van der Waals surface area contributed by atoms with Gasteiger partial charge in [-0.25, -0.2) is 4.98 Å². The second kappa shape index (κ2) is 18.3. The molecule has 0 amide bonds. The van der Waals surface area contributed by atoms with Crippen molar-refractivity contribution in [3.63, 3.8) is 0 Å². The topological polar surface area (TPSA) is 46.8 Å². The molecule has 61 heavy (non-hydrogen) atoms. The molecule has 0 saturated heterocycles. The van der Waals surface area contributed by atoms with Crippen LogP contribution in [0.3, 0.4) is 0 Å². The quantitative estimate of drug-likeness (QED) is 0.149. The fourth-order valence-electron chi connectivity index (χ4n) is 8.00. The molecule has 301 valence electrons. The van der Waals surface area contributed by atoms with E-state index in [0.29, 0.717) is 0 Å². The van der Waals surface area contributed by atoms with E-state index >= 15 is 0 Å². The Morgan fingerprint density at radius 1 is 0.557 bits per heavy atom. The van der Waals surface area contributed by atoms with Crippen LogP contribution in [0.4, 0.5) is 11.4 Å². The van der Waals surface area contributed by atoms with Crippen molar-refractivity contribution in [3.8, 4) is 39.2 Å². The summed E-state index contributed by atoms with van der Waals surface area (Å²) < 4.78 is 2.31. The summed E-state index contributed by atoms with van der Waals surface area (Å²) in [4.78, 5) is 17.0. The van der Waals surface area contributed by atoms with Crippen LogP contribution >= 0.6 is 0 Å². The van der Waals surface area contributed by atoms with E-state index < -0.39 is 0 Å². The number of pyridine rings is 2. The van der Waals surface area contributed by atoms with E-state index in [4.69, 9.17) is 9.97 Å². The Balaban J connectivity index is 0.000000340. The van der Waals surface area contributed by atoms with Gasteiger partial charge in [0.1, 0.15) is 0 Å². The molecule has 3 aromatic heterocycles. The van der Waals surface area contributed by atoms with Crippen molar-refractivity contribution in [1.82, 2.24) is 19.5 Å². The molecule has 10 rings (SSSR count). The van der Waals surface area contributed by atoms with Crippen LogP contribution in [0, 0.1) is 12.1 Å². The maximum Gasteiger partial charge on any atom is 0.155 e. The van der Waals surface area contributed by atoms with E-state index in [1.165, 1.54) is 22.3 Å². The minimum absolute atomic E-state index is 0. The molecule has 6 aromatic carbocycles. The summed E-state index contributed by atoms with van der Waals surface area (Å²) in [5, 5.41) is 0. The predicted molar refractivity (Wildman–Crippen MR) is 247 cm³/mol. The molecule has 6 heteroatoms. The third-order valence-corrected chi connectivity index (χ3v) is 10.9. The summed E-state index contributed by atoms with van der Waals surface area (Å²) in [6.45, 7) is 9.13. The first-order valence-corrected chi connectivity index (χ1v) is 20.6. The zero-order valence-electron chi connectivity index (χ0n) is 34.6. The fourth-order valence-corrected chi connectivity index (χ4v) is 8.00. The first kappa shape index (κ1) is 41.0. The van der Waals surface area contributed by atoms with E-state index in [-0.39, 0.29) is 31.9 Å². The van der Waals surface area contributed by atoms with Crippen LogP contribution in [0.15, 0.2) is 188 Å². The van der Waals surface area contributed by atoms with Gasteiger partial charge >= 0.3 is 0 Å². The van der Waals surface area contributed by atoms with Crippen molar-refractivity contribution in [2.45, 2.75) is 39.5 Å². The number of rotatable bonds is 7. The molecule has 9 aromatic rings. The molecule has 1 radical (unpaired) electrons. The number of imidazole rings is 1. The Morgan fingerprint density at radius 2 is 1.20 bits per heavy atom. The molecule has 0 spiro atoms. The number of aromatic nitrogens is 4. The molecule has 0 aliphatic carbocycles. The number of nitrogens with zero attached hydrogens (tertiary/aromatic N) is 5. The molecule has 5 nitrogen and oxygen atoms in total. The van der Waals surface area contributed by atoms with E-state index in [9.17, 15) is 0 Å². The van der Waals surface area contributed by atoms with E-state index in [1.807, 2.05) is 54.7 Å². The second-order valence-electron chi connectivity index (χ2n) is 15.5. The Labute approximate surface area is 372 Å². The van der Waals surface area contributed by atoms with Gasteiger partial charge < -0.3 is 14.5 Å². The summed E-state index contributed by atoms with van der Waals surface area (Å²) in [5.41, 5.74) is 16.1. The van der Waals surface area contributed by atoms with Gasteiger partial charge in [-0.05, 0) is 93.9 Å². The number of anilines is 2. The monoisotopic (exact) mass is 968 g/mol. The molecular formula is C55H45IrN5-2. The zero-order valence-corrected chi connectivity index (χ0v) is 37.0. The average molecular weight is 968 g/mol. The second-order valence-corrected chi connectivity index (χ2v) is 15.5. The minimum atomic E-state index is 0. The molecule has 0 unspecified atom stereocenters. The Bertz CT molecular complexity index is 2860. The van der Waals surface area contributed by atoms with Gasteiger partial charge in [-0.1, -0.05) is 124 Å². The predicted octanol–water partition coefficient (Wildman–Crippen LogP) is 13.9. The maximum atomic E-state index is 5.42. The molecule has 0 saturated carbocycles. The van der Waals surface area contributed by atoms with Crippen LogP contribution in [0.1, 0.15) is 62.0 Å². The zero-order chi connectivity index (χ0) is 41.0. The van der Waals surface area contributed by atoms with Crippen LogP contribution in [0.5, 0.6) is 0 Å². The third-order valence-electron chi connectivity index (χ3n) is 10.9. The van der Waals surface area contributed by atoms with Crippen molar-refractivity contribution >= 4 is 28.2 Å². The van der Waals surface area contributed by atoms with Gasteiger partial charge in [0, 0.05) is 55.3 Å². The fraction of sp³-hybridized carbons (Fsp3) is 0.109. The van der Waals surface area contributed by atoms with Crippen molar-refractivity contribution < 1.29 is 20.1 Å². The summed E-state index contributed by atoms with van der Waals surface area (Å²) in [5.74, 6) is 1.29. The van der Waals surface area contributed by atoms with Crippen LogP contribution in [-0.4, -0.2) is 19.5 Å². The normalized spacial score (nSPS) is 11.8. The van der Waals surface area contributed by atoms with Crippen molar-refractivity contribution in [3.05, 3.63) is 223 Å². The standard InChI is InChI=1S/C44H37N4.C11H8N.Ir/c1-29(2)37-26-33(31-16-7-5-8-17-31)27-38(30(3)4)42(37)48-43-39(23-15-25-45-43)46-44(48)41-28-32-18-11-12-21-35(32)36-22-13-14-24-40(36)47(41)34-19-9-6-10-20-34;1-2-6-10(7-3-1)11-8-4-5-9-12-11;/h5-27,29-30H,1-4H3;1-6,8-9H;/q2*-1;. The van der Waals surface area contributed by atoms with Gasteiger partial charge in [-0.3, -0.25) is 4.98 Å². The SMILES string of the molecule is CC(C)c1cc(-c2ccccc2)cc(C(C)C)c1-n1c(C2=[C-]c3ccccc3-c3ccccc3N2c2ccccc2)nc2cccnc21.[Ir].[c-]1ccccc1-c1ccccn1. The number of hydrogen-bond acceptors (Lipinski definition) is 4. The number of para-hydroxylation sites is 2. The Hall–Kier alpha value is -6.72. The molecule has 0 bridgehead atoms. The molecule has 1 aliphatic rings. The van der Waals surface area contributed by atoms with Crippen LogP contribution in [-0.2, 0) is 20.1 Å². The van der Waals surface area contributed by atoms with Crippen molar-refractivity contribution in [1.29, 1.82) is 0 Å². The molecule has 0 atom stereocenters. The summed E-state index contributed by atoms with van der Waals surface area (Å²) >= 11 is 0. The largest absolute Gasteiger partial charge is 0.325 e. The van der Waals surface area contributed by atoms with Crippen LogP contribution in [0.25, 0.3) is 56.1 Å². The van der Waals surface area contributed by atoms with E-state index in [0.717, 1.165) is 67.7 Å². The molecule has 1 aliphatic heterocycles. The van der Waals surface area contributed by atoms with Gasteiger partial charge in [0.15, 0.2) is 5.65 Å². The molecule has 0 fully saturated rings. The van der Waals surface area contributed by atoms with Crippen molar-refractivity contribution in [2.75, 3.05) is 4.90 Å². The summed E-state index contributed by atoms with van der Waals surface area (Å²) in [7, 11) is 0. The molecule has 4 heterocycles. The number of hydrogen-bond donors (Lipinski definition) is 0. The van der Waals surface area contributed by atoms with E-state index in [2.05, 4.69) is 182 Å². The van der Waals surface area contributed by atoms with Gasteiger partial charge in [0.05, 0.1) is 11.3 Å². The molecular weight excluding hydrogens is 923 g/mol. The first-order chi connectivity index (χ1) is 29.5. The average Bonchev–Trinajstić information content (AvgIpc) is 3.62. The summed E-state index contributed by atoms with van der Waals surface area (Å²) in [6, 6.07) is 64.0. The Kier molecular flexibility index (Phi) is 12.3. The maximum absolute atomic E-state index is 5.42. The van der Waals surface area contributed by atoms with Gasteiger partial charge in [-0.2, -0.15) is 0 Å². The van der Waals surface area contributed by atoms with Crippen LogP contribution < -0.4 is 4.90 Å². The van der Waals surface area contributed by atoms with E-state index in [1.54, 1.807) is 6.20 Å². The van der Waals surface area contributed by atoms with Gasteiger partial charge in [0.25, 0.3) is 0 Å². The molecule has 0 N–H and O–H groups in total. The summed E-state index contributed by atoms with van der Waals surface area (Å²) in [6.07, 6.45) is 7.57. The van der Waals surface area contributed by atoms with Crippen LogP contribution in [0.2, 0.25) is 0 Å². The third kappa shape index (κ3) is 8.25. The minimum Gasteiger partial charge on any atom is -0.325 e. The Morgan fingerprint density at radius 3 is 1.89 bits per heavy atom. The number of fused-ring (bicyclic) bond motifs is 4. The number of benzene rings is 6. The van der Waals surface area contributed by atoms with Crippen molar-refractivity contribution in [2.24, 2.45) is 0 Å². The smallest absolute Gasteiger partial charge is 0.155 e.